The number of amides is 1. The Morgan fingerprint density at radius 2 is 2.00 bits per heavy atom. The Kier molecular flexibility index (Phi) is 4.17. The number of anilines is 1. The molecule has 2 heterocycles. The lowest BCUT2D eigenvalue weighted by Gasteiger charge is -2.09. The van der Waals surface area contributed by atoms with E-state index in [1.54, 1.807) is 35.1 Å². The molecule has 1 aliphatic rings. The average Bonchev–Trinajstić information content (AvgIpc) is 3.23. The van der Waals surface area contributed by atoms with E-state index in [0.29, 0.717) is 29.4 Å². The fourth-order valence-electron chi connectivity index (χ4n) is 3.52. The first kappa shape index (κ1) is 15.7. The molecular formula is C19H19FN4O. The molecular weight excluding hydrogens is 319 g/mol. The van der Waals surface area contributed by atoms with E-state index in [2.05, 4.69) is 15.4 Å². The second-order valence-corrected chi connectivity index (χ2v) is 6.52. The molecule has 0 bridgehead atoms. The zero-order chi connectivity index (χ0) is 17.2. The van der Waals surface area contributed by atoms with Gasteiger partial charge in [0.25, 0.3) is 0 Å². The van der Waals surface area contributed by atoms with Gasteiger partial charge in [-0.1, -0.05) is 25.0 Å². The van der Waals surface area contributed by atoms with E-state index in [9.17, 15) is 9.18 Å². The van der Waals surface area contributed by atoms with E-state index in [-0.39, 0.29) is 11.7 Å². The molecule has 0 saturated heterocycles. The maximum atomic E-state index is 13.3. The van der Waals surface area contributed by atoms with Crippen LogP contribution in [0.25, 0.3) is 16.8 Å². The molecule has 1 N–H and O–H groups in total. The standard InChI is InChI=1S/C19H19FN4O/c20-15-8-6-14(7-9-15)17-18(23-24-11-3-10-21-19(17)24)22-16(25)12-13-4-1-2-5-13/h3,6-11,13H,1-2,4-5,12H2,(H,22,23,25). The highest BCUT2D eigenvalue weighted by atomic mass is 19.1. The molecule has 0 unspecified atom stereocenters. The Morgan fingerprint density at radius 3 is 2.76 bits per heavy atom. The summed E-state index contributed by atoms with van der Waals surface area (Å²) in [6.45, 7) is 0. The molecule has 0 spiro atoms. The van der Waals surface area contributed by atoms with Crippen molar-refractivity contribution in [3.05, 3.63) is 48.5 Å². The molecule has 6 heteroatoms. The smallest absolute Gasteiger partial charge is 0.225 e. The van der Waals surface area contributed by atoms with Crippen LogP contribution in [0.3, 0.4) is 0 Å². The molecule has 128 valence electrons. The van der Waals surface area contributed by atoms with Gasteiger partial charge in [0.15, 0.2) is 11.5 Å². The number of carbonyl (C=O) groups excluding carboxylic acids is 1. The van der Waals surface area contributed by atoms with Gasteiger partial charge in [0.05, 0.1) is 5.56 Å². The first-order valence-corrected chi connectivity index (χ1v) is 8.60. The van der Waals surface area contributed by atoms with Crippen LogP contribution in [-0.2, 0) is 4.79 Å². The number of nitrogens with one attached hydrogen (secondary N) is 1. The Balaban J connectivity index is 1.68. The van der Waals surface area contributed by atoms with Gasteiger partial charge in [-0.2, -0.15) is 0 Å². The highest BCUT2D eigenvalue weighted by Crippen LogP contribution is 2.32. The molecule has 5 nitrogen and oxygen atoms in total. The Morgan fingerprint density at radius 1 is 1.24 bits per heavy atom. The van der Waals surface area contributed by atoms with Crippen molar-refractivity contribution < 1.29 is 9.18 Å². The van der Waals surface area contributed by atoms with Crippen molar-refractivity contribution >= 4 is 17.4 Å². The number of rotatable bonds is 4. The van der Waals surface area contributed by atoms with Crippen molar-refractivity contribution in [3.8, 4) is 11.1 Å². The average molecular weight is 338 g/mol. The van der Waals surface area contributed by atoms with Crippen molar-refractivity contribution in [3.63, 3.8) is 0 Å². The summed E-state index contributed by atoms with van der Waals surface area (Å²) in [6.07, 6.45) is 8.62. The van der Waals surface area contributed by atoms with Crippen LogP contribution in [-0.4, -0.2) is 20.5 Å². The van der Waals surface area contributed by atoms with Gasteiger partial charge < -0.3 is 5.32 Å². The first-order valence-electron chi connectivity index (χ1n) is 8.60. The van der Waals surface area contributed by atoms with E-state index < -0.39 is 0 Å². The Labute approximate surface area is 144 Å². The molecule has 1 amide bonds. The summed E-state index contributed by atoms with van der Waals surface area (Å²) in [5, 5.41) is 7.39. The van der Waals surface area contributed by atoms with Crippen molar-refractivity contribution in [1.29, 1.82) is 0 Å². The van der Waals surface area contributed by atoms with E-state index in [4.69, 9.17) is 0 Å². The molecule has 0 atom stereocenters. The predicted octanol–water partition coefficient (Wildman–Crippen LogP) is 4.05. The molecule has 4 rings (SSSR count). The zero-order valence-corrected chi connectivity index (χ0v) is 13.8. The quantitative estimate of drug-likeness (QED) is 0.780. The maximum absolute atomic E-state index is 13.3. The summed E-state index contributed by atoms with van der Waals surface area (Å²) < 4.78 is 14.9. The topological polar surface area (TPSA) is 59.3 Å². The van der Waals surface area contributed by atoms with Crippen LogP contribution in [0.2, 0.25) is 0 Å². The number of halogens is 1. The van der Waals surface area contributed by atoms with Gasteiger partial charge in [0, 0.05) is 18.8 Å². The molecule has 1 saturated carbocycles. The number of carbonyl (C=O) groups is 1. The summed E-state index contributed by atoms with van der Waals surface area (Å²) >= 11 is 0. The van der Waals surface area contributed by atoms with Crippen LogP contribution >= 0.6 is 0 Å². The minimum atomic E-state index is -0.306. The second-order valence-electron chi connectivity index (χ2n) is 6.52. The molecule has 1 aromatic carbocycles. The van der Waals surface area contributed by atoms with Gasteiger partial charge >= 0.3 is 0 Å². The molecule has 1 fully saturated rings. The lowest BCUT2D eigenvalue weighted by Crippen LogP contribution is -2.16. The predicted molar refractivity (Wildman–Crippen MR) is 93.6 cm³/mol. The van der Waals surface area contributed by atoms with E-state index in [1.165, 1.54) is 25.0 Å². The maximum Gasteiger partial charge on any atom is 0.225 e. The Hall–Kier alpha value is -2.76. The van der Waals surface area contributed by atoms with E-state index >= 15 is 0 Å². The van der Waals surface area contributed by atoms with Gasteiger partial charge in [-0.25, -0.2) is 13.9 Å². The second kappa shape index (κ2) is 6.63. The van der Waals surface area contributed by atoms with Gasteiger partial charge in [0.1, 0.15) is 5.82 Å². The molecule has 0 radical (unpaired) electrons. The van der Waals surface area contributed by atoms with Gasteiger partial charge in [-0.15, -0.1) is 5.10 Å². The molecule has 3 aromatic rings. The molecule has 1 aliphatic carbocycles. The van der Waals surface area contributed by atoms with Crippen LogP contribution in [0.1, 0.15) is 32.1 Å². The third-order valence-electron chi connectivity index (χ3n) is 4.73. The number of fused-ring (bicyclic) bond motifs is 1. The largest absolute Gasteiger partial charge is 0.309 e. The summed E-state index contributed by atoms with van der Waals surface area (Å²) in [5.74, 6) is 0.594. The minimum Gasteiger partial charge on any atom is -0.309 e. The lowest BCUT2D eigenvalue weighted by atomic mass is 10.0. The number of hydrogen-bond donors (Lipinski definition) is 1. The number of benzene rings is 1. The minimum absolute atomic E-state index is 0.0290. The van der Waals surface area contributed by atoms with Crippen molar-refractivity contribution in [2.24, 2.45) is 5.92 Å². The fourth-order valence-corrected chi connectivity index (χ4v) is 3.52. The highest BCUT2D eigenvalue weighted by molar-refractivity contribution is 5.97. The summed E-state index contributed by atoms with van der Waals surface area (Å²) in [5.41, 5.74) is 2.11. The third kappa shape index (κ3) is 3.24. The lowest BCUT2D eigenvalue weighted by molar-refractivity contribution is -0.117. The van der Waals surface area contributed by atoms with Crippen LogP contribution in [0.4, 0.5) is 10.2 Å². The van der Waals surface area contributed by atoms with Crippen LogP contribution in [0.5, 0.6) is 0 Å². The van der Waals surface area contributed by atoms with Gasteiger partial charge in [-0.05, 0) is 42.5 Å². The SMILES string of the molecule is O=C(CC1CCCC1)Nc1nn2cccnc2c1-c1ccc(F)cc1. The van der Waals surface area contributed by atoms with Crippen molar-refractivity contribution in [2.45, 2.75) is 32.1 Å². The van der Waals surface area contributed by atoms with Crippen molar-refractivity contribution in [2.75, 3.05) is 5.32 Å². The summed E-state index contributed by atoms with van der Waals surface area (Å²) in [7, 11) is 0. The fraction of sp³-hybridized carbons (Fsp3) is 0.316. The Bertz CT molecular complexity index is 897. The van der Waals surface area contributed by atoms with Crippen LogP contribution < -0.4 is 5.32 Å². The molecule has 25 heavy (non-hydrogen) atoms. The monoisotopic (exact) mass is 338 g/mol. The number of nitrogens with zero attached hydrogens (tertiary/aromatic N) is 3. The van der Waals surface area contributed by atoms with Crippen molar-refractivity contribution in [1.82, 2.24) is 14.6 Å². The highest BCUT2D eigenvalue weighted by Gasteiger charge is 2.21. The zero-order valence-electron chi connectivity index (χ0n) is 13.8. The van der Waals surface area contributed by atoms with E-state index in [1.807, 2.05) is 0 Å². The normalized spacial score (nSPS) is 14.9. The summed E-state index contributed by atoms with van der Waals surface area (Å²) in [6, 6.07) is 7.91. The van der Waals surface area contributed by atoms with Crippen LogP contribution in [0, 0.1) is 11.7 Å². The van der Waals surface area contributed by atoms with Crippen LogP contribution in [0.15, 0.2) is 42.7 Å². The molecule has 2 aromatic heterocycles. The number of hydrogen-bond acceptors (Lipinski definition) is 3. The molecule has 0 aliphatic heterocycles. The first-order chi connectivity index (χ1) is 12.2. The third-order valence-corrected chi connectivity index (χ3v) is 4.73. The van der Waals surface area contributed by atoms with Gasteiger partial charge in [0.2, 0.25) is 5.91 Å². The van der Waals surface area contributed by atoms with E-state index in [0.717, 1.165) is 18.4 Å². The summed E-state index contributed by atoms with van der Waals surface area (Å²) in [4.78, 5) is 16.8. The number of aromatic nitrogens is 3. The van der Waals surface area contributed by atoms with Gasteiger partial charge in [-0.3, -0.25) is 4.79 Å².